The normalized spacial score (nSPS) is 19.5. The maximum Gasteiger partial charge on any atom is 0.0931 e. The molecular formula is C9H12ClNS. The lowest BCUT2D eigenvalue weighted by Gasteiger charge is -2.08. The van der Waals surface area contributed by atoms with Crippen LogP contribution in [0.2, 0.25) is 4.34 Å². The predicted octanol–water partition coefficient (Wildman–Crippen LogP) is 3.04. The first-order valence-corrected chi connectivity index (χ1v) is 5.37. The van der Waals surface area contributed by atoms with E-state index in [9.17, 15) is 0 Å². The van der Waals surface area contributed by atoms with E-state index in [0.29, 0.717) is 5.54 Å². The summed E-state index contributed by atoms with van der Waals surface area (Å²) in [7, 11) is 0. The van der Waals surface area contributed by atoms with Gasteiger partial charge < -0.3 is 5.32 Å². The van der Waals surface area contributed by atoms with Crippen LogP contribution in [0.5, 0.6) is 0 Å². The van der Waals surface area contributed by atoms with E-state index in [4.69, 9.17) is 11.6 Å². The molecule has 1 aromatic rings. The van der Waals surface area contributed by atoms with Gasteiger partial charge in [0.15, 0.2) is 0 Å². The van der Waals surface area contributed by atoms with E-state index in [1.54, 1.807) is 11.3 Å². The fraction of sp³-hybridized carbons (Fsp3) is 0.556. The van der Waals surface area contributed by atoms with E-state index in [-0.39, 0.29) is 0 Å². The number of rotatable bonds is 3. The smallest absolute Gasteiger partial charge is 0.0931 e. The second-order valence-corrected chi connectivity index (χ2v) is 5.42. The van der Waals surface area contributed by atoms with Crippen LogP contribution in [0.3, 0.4) is 0 Å². The number of nitrogens with one attached hydrogen (secondary N) is 1. The second kappa shape index (κ2) is 3.02. The topological polar surface area (TPSA) is 12.0 Å². The van der Waals surface area contributed by atoms with Crippen molar-refractivity contribution in [3.63, 3.8) is 0 Å². The van der Waals surface area contributed by atoms with Gasteiger partial charge in [0.2, 0.25) is 0 Å². The molecule has 12 heavy (non-hydrogen) atoms. The van der Waals surface area contributed by atoms with Crippen LogP contribution in [0.15, 0.2) is 12.1 Å². The first-order valence-electron chi connectivity index (χ1n) is 4.17. The lowest BCUT2D eigenvalue weighted by atomic mass is 10.3. The first kappa shape index (κ1) is 8.54. The molecule has 2 rings (SSSR count). The minimum absolute atomic E-state index is 0.427. The molecule has 1 heterocycles. The molecule has 1 aliphatic rings. The molecule has 0 bridgehead atoms. The van der Waals surface area contributed by atoms with Crippen molar-refractivity contribution in [2.75, 3.05) is 0 Å². The van der Waals surface area contributed by atoms with E-state index in [2.05, 4.69) is 18.3 Å². The van der Waals surface area contributed by atoms with E-state index >= 15 is 0 Å². The van der Waals surface area contributed by atoms with Crippen molar-refractivity contribution < 1.29 is 0 Å². The summed E-state index contributed by atoms with van der Waals surface area (Å²) < 4.78 is 0.882. The van der Waals surface area contributed by atoms with Crippen LogP contribution in [0, 0.1) is 0 Å². The maximum absolute atomic E-state index is 5.82. The zero-order valence-electron chi connectivity index (χ0n) is 7.06. The molecule has 0 aromatic carbocycles. The summed E-state index contributed by atoms with van der Waals surface area (Å²) in [6.45, 7) is 3.23. The highest BCUT2D eigenvalue weighted by Gasteiger charge is 2.36. The van der Waals surface area contributed by atoms with E-state index < -0.39 is 0 Å². The summed E-state index contributed by atoms with van der Waals surface area (Å²) in [6, 6.07) is 4.05. The van der Waals surface area contributed by atoms with Gasteiger partial charge in [0.1, 0.15) is 0 Å². The van der Waals surface area contributed by atoms with Crippen LogP contribution in [-0.2, 0) is 6.54 Å². The Morgan fingerprint density at radius 2 is 2.33 bits per heavy atom. The molecule has 1 saturated carbocycles. The standard InChI is InChI=1S/C9H12ClNS/c1-9(4-5-9)11-6-7-2-3-8(10)12-7/h2-3,11H,4-6H2,1H3. The fourth-order valence-corrected chi connectivity index (χ4v) is 2.14. The van der Waals surface area contributed by atoms with Crippen LogP contribution < -0.4 is 5.32 Å². The molecule has 0 amide bonds. The van der Waals surface area contributed by atoms with Crippen molar-refractivity contribution in [1.82, 2.24) is 5.32 Å². The van der Waals surface area contributed by atoms with Gasteiger partial charge in [0, 0.05) is 17.0 Å². The summed E-state index contributed by atoms with van der Waals surface area (Å²) in [6.07, 6.45) is 2.62. The first-order chi connectivity index (χ1) is 5.68. The Hall–Kier alpha value is -0.0500. The monoisotopic (exact) mass is 201 g/mol. The molecule has 0 aliphatic heterocycles. The van der Waals surface area contributed by atoms with E-state index in [1.165, 1.54) is 17.7 Å². The summed E-state index contributed by atoms with van der Waals surface area (Å²) in [5, 5.41) is 3.51. The van der Waals surface area contributed by atoms with Crippen LogP contribution in [0.25, 0.3) is 0 Å². The molecular weight excluding hydrogens is 190 g/mol. The molecule has 0 radical (unpaired) electrons. The van der Waals surface area contributed by atoms with Crippen molar-refractivity contribution >= 4 is 22.9 Å². The zero-order valence-corrected chi connectivity index (χ0v) is 8.63. The van der Waals surface area contributed by atoms with Crippen LogP contribution in [0.4, 0.5) is 0 Å². The van der Waals surface area contributed by atoms with Gasteiger partial charge in [-0.3, -0.25) is 0 Å². The van der Waals surface area contributed by atoms with Crippen LogP contribution in [-0.4, -0.2) is 5.54 Å². The average molecular weight is 202 g/mol. The largest absolute Gasteiger partial charge is 0.307 e. The summed E-state index contributed by atoms with van der Waals surface area (Å²) in [5.41, 5.74) is 0.427. The van der Waals surface area contributed by atoms with E-state index in [1.807, 2.05) is 6.07 Å². The minimum atomic E-state index is 0.427. The van der Waals surface area contributed by atoms with Crippen molar-refractivity contribution in [3.05, 3.63) is 21.3 Å². The highest BCUT2D eigenvalue weighted by atomic mass is 35.5. The Morgan fingerprint density at radius 1 is 1.58 bits per heavy atom. The lowest BCUT2D eigenvalue weighted by molar-refractivity contribution is 0.541. The van der Waals surface area contributed by atoms with Gasteiger partial charge in [-0.1, -0.05) is 11.6 Å². The van der Waals surface area contributed by atoms with Gasteiger partial charge in [0.05, 0.1) is 4.34 Å². The highest BCUT2D eigenvalue weighted by Crippen LogP contribution is 2.35. The third-order valence-corrected chi connectivity index (χ3v) is 3.55. The molecule has 1 aliphatic carbocycles. The molecule has 1 fully saturated rings. The van der Waals surface area contributed by atoms with Crippen molar-refractivity contribution in [3.8, 4) is 0 Å². The van der Waals surface area contributed by atoms with Crippen molar-refractivity contribution in [2.24, 2.45) is 0 Å². The minimum Gasteiger partial charge on any atom is -0.307 e. The lowest BCUT2D eigenvalue weighted by Crippen LogP contribution is -2.26. The number of hydrogen-bond donors (Lipinski definition) is 1. The molecule has 0 unspecified atom stereocenters. The Morgan fingerprint density at radius 3 is 2.83 bits per heavy atom. The Bertz CT molecular complexity index is 278. The van der Waals surface area contributed by atoms with Gasteiger partial charge in [-0.05, 0) is 31.9 Å². The quantitative estimate of drug-likeness (QED) is 0.793. The highest BCUT2D eigenvalue weighted by molar-refractivity contribution is 7.16. The molecule has 1 aromatic heterocycles. The van der Waals surface area contributed by atoms with E-state index in [0.717, 1.165) is 10.9 Å². The van der Waals surface area contributed by atoms with Gasteiger partial charge in [-0.15, -0.1) is 11.3 Å². The fourth-order valence-electron chi connectivity index (χ4n) is 1.11. The molecule has 0 spiro atoms. The number of hydrogen-bond acceptors (Lipinski definition) is 2. The van der Waals surface area contributed by atoms with Gasteiger partial charge in [0.25, 0.3) is 0 Å². The molecule has 0 atom stereocenters. The average Bonchev–Trinajstić information content (AvgIpc) is 2.60. The Balaban J connectivity index is 1.87. The van der Waals surface area contributed by atoms with Crippen LogP contribution >= 0.6 is 22.9 Å². The van der Waals surface area contributed by atoms with Crippen molar-refractivity contribution in [2.45, 2.75) is 31.8 Å². The molecule has 0 saturated heterocycles. The number of halogens is 1. The Labute approximate surface area is 81.7 Å². The maximum atomic E-state index is 5.82. The van der Waals surface area contributed by atoms with Gasteiger partial charge in [-0.25, -0.2) is 0 Å². The summed E-state index contributed by atoms with van der Waals surface area (Å²) in [5.74, 6) is 0. The summed E-state index contributed by atoms with van der Waals surface area (Å²) >= 11 is 7.48. The number of thiophene rings is 1. The van der Waals surface area contributed by atoms with Crippen LogP contribution in [0.1, 0.15) is 24.6 Å². The van der Waals surface area contributed by atoms with Crippen molar-refractivity contribution in [1.29, 1.82) is 0 Å². The predicted molar refractivity (Wildman–Crippen MR) is 53.8 cm³/mol. The SMILES string of the molecule is CC1(NCc2ccc(Cl)s2)CC1. The van der Waals surface area contributed by atoms with Gasteiger partial charge in [-0.2, -0.15) is 0 Å². The molecule has 66 valence electrons. The zero-order chi connectivity index (χ0) is 8.60. The molecule has 1 N–H and O–H groups in total. The third-order valence-electron chi connectivity index (χ3n) is 2.32. The molecule has 1 nitrogen and oxygen atoms in total. The molecule has 3 heteroatoms. The third kappa shape index (κ3) is 2.00. The second-order valence-electron chi connectivity index (χ2n) is 3.62. The van der Waals surface area contributed by atoms with Gasteiger partial charge >= 0.3 is 0 Å². The summed E-state index contributed by atoms with van der Waals surface area (Å²) in [4.78, 5) is 1.33. The Kier molecular flexibility index (Phi) is 2.15.